The third-order valence-electron chi connectivity index (χ3n) is 4.17. The number of aromatic nitrogens is 2. The Bertz CT molecular complexity index is 630. The zero-order valence-corrected chi connectivity index (χ0v) is 13.3. The van der Waals surface area contributed by atoms with E-state index in [2.05, 4.69) is 16.5 Å². The molecule has 1 aliphatic rings. The van der Waals surface area contributed by atoms with Gasteiger partial charge in [-0.2, -0.15) is 10.2 Å². The van der Waals surface area contributed by atoms with E-state index in [0.29, 0.717) is 44.9 Å². The highest BCUT2D eigenvalue weighted by atomic mass is 16.5. The van der Waals surface area contributed by atoms with Gasteiger partial charge in [-0.05, 0) is 26.2 Å². The zero-order valence-electron chi connectivity index (χ0n) is 13.3. The maximum atomic E-state index is 12.3. The molecule has 1 saturated heterocycles. The van der Waals surface area contributed by atoms with Crippen LogP contribution in [0.1, 0.15) is 31.7 Å². The summed E-state index contributed by atoms with van der Waals surface area (Å²) in [6.07, 6.45) is 5.07. The number of allylic oxidation sites excluding steroid dienone is 1. The topological polar surface area (TPSA) is 105 Å². The second-order valence-electron chi connectivity index (χ2n) is 5.56. The Kier molecular flexibility index (Phi) is 5.16. The molecular weight excluding hydrogens is 294 g/mol. The van der Waals surface area contributed by atoms with Crippen LogP contribution in [0.2, 0.25) is 0 Å². The maximum Gasteiger partial charge on any atom is 0.312 e. The lowest BCUT2D eigenvalue weighted by Gasteiger charge is -2.39. The number of anilines is 2. The van der Waals surface area contributed by atoms with Crippen molar-refractivity contribution in [1.82, 2.24) is 9.97 Å². The van der Waals surface area contributed by atoms with Crippen molar-refractivity contribution in [2.24, 2.45) is 5.41 Å². The normalized spacial score (nSPS) is 16.4. The van der Waals surface area contributed by atoms with Gasteiger partial charge in [-0.25, -0.2) is 4.98 Å². The number of esters is 1. The van der Waals surface area contributed by atoms with Crippen LogP contribution in [-0.2, 0) is 9.53 Å². The number of hydrogen-bond donors (Lipinski definition) is 1. The molecule has 0 aromatic carbocycles. The molecule has 0 radical (unpaired) electrons. The average Bonchev–Trinajstić information content (AvgIpc) is 2.56. The standard InChI is InChI=1S/C16H21N5O2/c1-3-5-16(14(22)23-4-2)6-8-21(9-7-16)15-19-11-12(10-17)13(18)20-15/h3,11H,1,4-9H2,2H3,(H2,18,19,20). The molecule has 1 aliphatic heterocycles. The quantitative estimate of drug-likeness (QED) is 0.650. The van der Waals surface area contributed by atoms with E-state index < -0.39 is 5.41 Å². The van der Waals surface area contributed by atoms with E-state index in [1.54, 1.807) is 6.08 Å². The van der Waals surface area contributed by atoms with E-state index in [0.717, 1.165) is 0 Å². The molecule has 2 N–H and O–H groups in total. The van der Waals surface area contributed by atoms with E-state index in [4.69, 9.17) is 15.7 Å². The summed E-state index contributed by atoms with van der Waals surface area (Å²) in [4.78, 5) is 22.6. The molecule has 1 aromatic heterocycles. The predicted molar refractivity (Wildman–Crippen MR) is 86.5 cm³/mol. The summed E-state index contributed by atoms with van der Waals surface area (Å²) >= 11 is 0. The SMILES string of the molecule is C=CCC1(C(=O)OCC)CCN(c2ncc(C#N)c(N)n2)CC1. The number of nitriles is 1. The summed E-state index contributed by atoms with van der Waals surface area (Å²) in [6.45, 7) is 7.18. The first-order chi connectivity index (χ1) is 11.1. The van der Waals surface area contributed by atoms with E-state index in [1.165, 1.54) is 6.20 Å². The lowest BCUT2D eigenvalue weighted by molar-refractivity contribution is -0.156. The summed E-state index contributed by atoms with van der Waals surface area (Å²) in [7, 11) is 0. The lowest BCUT2D eigenvalue weighted by atomic mass is 9.75. The number of nitrogens with zero attached hydrogens (tertiary/aromatic N) is 4. The van der Waals surface area contributed by atoms with E-state index >= 15 is 0 Å². The largest absolute Gasteiger partial charge is 0.466 e. The molecular formula is C16H21N5O2. The maximum absolute atomic E-state index is 12.3. The smallest absolute Gasteiger partial charge is 0.312 e. The van der Waals surface area contributed by atoms with E-state index in [9.17, 15) is 4.79 Å². The molecule has 122 valence electrons. The van der Waals surface area contributed by atoms with Gasteiger partial charge in [0.25, 0.3) is 0 Å². The number of nitrogens with two attached hydrogens (primary N) is 1. The predicted octanol–water partition coefficient (Wildman–Crippen LogP) is 1.66. The fourth-order valence-corrected chi connectivity index (χ4v) is 2.81. The Morgan fingerprint density at radius 2 is 2.30 bits per heavy atom. The van der Waals surface area contributed by atoms with Gasteiger partial charge in [-0.1, -0.05) is 6.08 Å². The molecule has 2 heterocycles. The molecule has 7 nitrogen and oxygen atoms in total. The van der Waals surface area contributed by atoms with Crippen LogP contribution in [0.3, 0.4) is 0 Å². The number of piperidine rings is 1. The number of carbonyl (C=O) groups is 1. The molecule has 0 unspecified atom stereocenters. The van der Waals surface area contributed by atoms with Crippen LogP contribution >= 0.6 is 0 Å². The highest BCUT2D eigenvalue weighted by Crippen LogP contribution is 2.37. The summed E-state index contributed by atoms with van der Waals surface area (Å²) < 4.78 is 5.24. The van der Waals surface area contributed by atoms with Crippen LogP contribution in [0.5, 0.6) is 0 Å². The van der Waals surface area contributed by atoms with Crippen molar-refractivity contribution < 1.29 is 9.53 Å². The molecule has 1 fully saturated rings. The minimum Gasteiger partial charge on any atom is -0.466 e. The minimum absolute atomic E-state index is 0.167. The third-order valence-corrected chi connectivity index (χ3v) is 4.17. The number of carbonyl (C=O) groups excluding carboxylic acids is 1. The summed E-state index contributed by atoms with van der Waals surface area (Å²) in [5.74, 6) is 0.489. The molecule has 0 spiro atoms. The molecule has 0 bridgehead atoms. The monoisotopic (exact) mass is 315 g/mol. The molecule has 2 rings (SSSR count). The molecule has 7 heteroatoms. The fraction of sp³-hybridized carbons (Fsp3) is 0.500. The molecule has 23 heavy (non-hydrogen) atoms. The van der Waals surface area contributed by atoms with Crippen molar-refractivity contribution in [3.8, 4) is 6.07 Å². The van der Waals surface area contributed by atoms with Gasteiger partial charge in [0, 0.05) is 13.1 Å². The summed E-state index contributed by atoms with van der Waals surface area (Å²) in [5.41, 5.74) is 5.48. The van der Waals surface area contributed by atoms with Crippen molar-refractivity contribution in [3.05, 3.63) is 24.4 Å². The van der Waals surface area contributed by atoms with Gasteiger partial charge in [0.2, 0.25) is 5.95 Å². The van der Waals surface area contributed by atoms with Crippen LogP contribution in [0.15, 0.2) is 18.9 Å². The zero-order chi connectivity index (χ0) is 16.9. The first kappa shape index (κ1) is 16.7. The van der Waals surface area contributed by atoms with Crippen molar-refractivity contribution in [2.75, 3.05) is 30.3 Å². The lowest BCUT2D eigenvalue weighted by Crippen LogP contribution is -2.45. The first-order valence-corrected chi connectivity index (χ1v) is 7.62. The van der Waals surface area contributed by atoms with Gasteiger partial charge in [0.05, 0.1) is 18.2 Å². The van der Waals surface area contributed by atoms with Crippen LogP contribution < -0.4 is 10.6 Å². The van der Waals surface area contributed by atoms with Crippen molar-refractivity contribution >= 4 is 17.7 Å². The second-order valence-corrected chi connectivity index (χ2v) is 5.56. The van der Waals surface area contributed by atoms with Gasteiger partial charge >= 0.3 is 5.97 Å². The van der Waals surface area contributed by atoms with Gasteiger partial charge in [0.1, 0.15) is 17.5 Å². The van der Waals surface area contributed by atoms with Crippen molar-refractivity contribution in [1.29, 1.82) is 5.26 Å². The second kappa shape index (κ2) is 7.09. The molecule has 0 saturated carbocycles. The number of nitrogen functional groups attached to an aromatic ring is 1. The number of rotatable bonds is 5. The van der Waals surface area contributed by atoms with Crippen LogP contribution in [0, 0.1) is 16.7 Å². The van der Waals surface area contributed by atoms with Crippen LogP contribution in [-0.4, -0.2) is 35.6 Å². The summed E-state index contributed by atoms with van der Waals surface area (Å²) in [5, 5.41) is 8.87. The van der Waals surface area contributed by atoms with Gasteiger partial charge in [-0.3, -0.25) is 4.79 Å². The highest BCUT2D eigenvalue weighted by Gasteiger charge is 2.42. The molecule has 0 amide bonds. The van der Waals surface area contributed by atoms with Crippen LogP contribution in [0.4, 0.5) is 11.8 Å². The molecule has 1 aromatic rings. The van der Waals surface area contributed by atoms with Crippen molar-refractivity contribution in [2.45, 2.75) is 26.2 Å². The Balaban J connectivity index is 2.12. The first-order valence-electron chi connectivity index (χ1n) is 7.62. The molecule has 0 atom stereocenters. The van der Waals surface area contributed by atoms with E-state index in [1.807, 2.05) is 17.9 Å². The van der Waals surface area contributed by atoms with Crippen molar-refractivity contribution in [3.63, 3.8) is 0 Å². The summed E-state index contributed by atoms with van der Waals surface area (Å²) in [6, 6.07) is 1.94. The van der Waals surface area contributed by atoms with Gasteiger partial charge in [-0.15, -0.1) is 6.58 Å². The Hall–Kier alpha value is -2.62. The molecule has 0 aliphatic carbocycles. The third kappa shape index (κ3) is 3.42. The number of hydrogen-bond acceptors (Lipinski definition) is 7. The Labute approximate surface area is 135 Å². The fourth-order valence-electron chi connectivity index (χ4n) is 2.81. The van der Waals surface area contributed by atoms with Crippen LogP contribution in [0.25, 0.3) is 0 Å². The Morgan fingerprint density at radius 3 is 2.83 bits per heavy atom. The number of ether oxygens (including phenoxy) is 1. The Morgan fingerprint density at radius 1 is 1.61 bits per heavy atom. The average molecular weight is 315 g/mol. The minimum atomic E-state index is -0.521. The van der Waals surface area contributed by atoms with E-state index in [-0.39, 0.29) is 17.4 Å². The van der Waals surface area contributed by atoms with Gasteiger partial charge < -0.3 is 15.4 Å². The highest BCUT2D eigenvalue weighted by molar-refractivity contribution is 5.77. The van der Waals surface area contributed by atoms with Gasteiger partial charge in [0.15, 0.2) is 0 Å².